The molecule has 0 aliphatic rings. The first kappa shape index (κ1) is 16.3. The van der Waals surface area contributed by atoms with Gasteiger partial charge in [-0.25, -0.2) is 0 Å². The molecule has 0 bridgehead atoms. The number of carbonyl (C=O) groups excluding carboxylic acids is 1. The largest absolute Gasteiger partial charge is 0.364 e. The van der Waals surface area contributed by atoms with Crippen molar-refractivity contribution in [3.63, 3.8) is 0 Å². The number of hydrogen-bond donors (Lipinski definition) is 1. The highest BCUT2D eigenvalue weighted by Gasteiger charge is 2.22. The zero-order valence-corrected chi connectivity index (χ0v) is 14.8. The molecule has 0 saturated carbocycles. The van der Waals surface area contributed by atoms with Gasteiger partial charge in [-0.05, 0) is 44.9 Å². The molecule has 2 aromatic heterocycles. The number of fused-ring (bicyclic) bond motifs is 1. The van der Waals surface area contributed by atoms with Gasteiger partial charge in [0, 0.05) is 29.7 Å². The molecular weight excluding hydrogens is 302 g/mol. The maximum absolute atomic E-state index is 12.8. The maximum atomic E-state index is 12.8. The summed E-state index contributed by atoms with van der Waals surface area (Å²) in [5.74, 6) is 0.0636. The number of aryl methyl sites for hydroxylation is 3. The van der Waals surface area contributed by atoms with Crippen LogP contribution in [-0.4, -0.2) is 28.0 Å². The molecular formula is C19H23N3O2. The Bertz CT molecular complexity index is 878. The molecule has 0 radical (unpaired) electrons. The molecule has 0 saturated heterocycles. The summed E-state index contributed by atoms with van der Waals surface area (Å²) < 4.78 is 4.88. The number of likely N-dealkylation sites (N-methyl/N-ethyl adjacent to an activating group) is 1. The fourth-order valence-corrected chi connectivity index (χ4v) is 3.19. The standard InChI is InChI=1S/C19H23N3O2/c1-11-8-12(2)19-16(9-11)15(13(3)20-19)10-18(23)22(5)14(4)17-6-7-24-21-17/h6-9,14,20H,10H2,1-5H3/t14-/m0/s1. The zero-order chi connectivity index (χ0) is 17.4. The van der Waals surface area contributed by atoms with Gasteiger partial charge < -0.3 is 14.4 Å². The summed E-state index contributed by atoms with van der Waals surface area (Å²) in [4.78, 5) is 17.9. The smallest absolute Gasteiger partial charge is 0.227 e. The summed E-state index contributed by atoms with van der Waals surface area (Å²) in [6.45, 7) is 8.15. The molecule has 2 heterocycles. The molecule has 0 unspecified atom stereocenters. The van der Waals surface area contributed by atoms with Gasteiger partial charge in [-0.2, -0.15) is 0 Å². The van der Waals surface area contributed by atoms with Crippen molar-refractivity contribution >= 4 is 16.8 Å². The highest BCUT2D eigenvalue weighted by atomic mass is 16.5. The van der Waals surface area contributed by atoms with Crippen LogP contribution in [0.15, 0.2) is 29.0 Å². The van der Waals surface area contributed by atoms with E-state index in [4.69, 9.17) is 4.52 Å². The lowest BCUT2D eigenvalue weighted by Crippen LogP contribution is -2.31. The molecule has 126 valence electrons. The summed E-state index contributed by atoms with van der Waals surface area (Å²) >= 11 is 0. The minimum Gasteiger partial charge on any atom is -0.364 e. The van der Waals surface area contributed by atoms with Gasteiger partial charge in [-0.1, -0.05) is 16.8 Å². The second-order valence-corrected chi connectivity index (χ2v) is 6.51. The zero-order valence-electron chi connectivity index (χ0n) is 14.8. The molecule has 0 aliphatic heterocycles. The van der Waals surface area contributed by atoms with Crippen LogP contribution < -0.4 is 0 Å². The van der Waals surface area contributed by atoms with Crippen LogP contribution in [0.1, 0.15) is 41.0 Å². The average Bonchev–Trinajstić information content (AvgIpc) is 3.16. The highest BCUT2D eigenvalue weighted by molar-refractivity contribution is 5.92. The summed E-state index contributed by atoms with van der Waals surface area (Å²) in [5, 5.41) is 5.07. The average molecular weight is 325 g/mol. The van der Waals surface area contributed by atoms with E-state index in [2.05, 4.69) is 36.1 Å². The first-order chi connectivity index (χ1) is 11.4. The minimum absolute atomic E-state index is 0.0636. The molecule has 1 aromatic carbocycles. The Kier molecular flexibility index (Phi) is 4.18. The van der Waals surface area contributed by atoms with Crippen LogP contribution in [0.25, 0.3) is 10.9 Å². The van der Waals surface area contributed by atoms with E-state index < -0.39 is 0 Å². The fraction of sp³-hybridized carbons (Fsp3) is 0.368. The van der Waals surface area contributed by atoms with Crippen LogP contribution in [0, 0.1) is 20.8 Å². The summed E-state index contributed by atoms with van der Waals surface area (Å²) in [5.41, 5.74) is 6.41. The van der Waals surface area contributed by atoms with Crippen molar-refractivity contribution in [3.05, 3.63) is 52.5 Å². The molecule has 3 rings (SSSR count). The Morgan fingerprint density at radius 3 is 2.75 bits per heavy atom. The van der Waals surface area contributed by atoms with Gasteiger partial charge in [0.2, 0.25) is 5.91 Å². The van der Waals surface area contributed by atoms with Gasteiger partial charge in [0.25, 0.3) is 0 Å². The minimum atomic E-state index is -0.120. The summed E-state index contributed by atoms with van der Waals surface area (Å²) in [6.07, 6.45) is 1.90. The Morgan fingerprint density at radius 1 is 1.33 bits per heavy atom. The van der Waals surface area contributed by atoms with Gasteiger partial charge >= 0.3 is 0 Å². The van der Waals surface area contributed by atoms with Crippen molar-refractivity contribution in [2.24, 2.45) is 0 Å². The number of benzene rings is 1. The molecule has 5 nitrogen and oxygen atoms in total. The predicted molar refractivity (Wildman–Crippen MR) is 93.9 cm³/mol. The number of aromatic nitrogens is 2. The van der Waals surface area contributed by atoms with E-state index in [1.807, 2.05) is 20.9 Å². The van der Waals surface area contributed by atoms with Crippen LogP contribution in [0.4, 0.5) is 0 Å². The van der Waals surface area contributed by atoms with E-state index in [0.717, 1.165) is 27.9 Å². The highest BCUT2D eigenvalue weighted by Crippen LogP contribution is 2.28. The Hall–Kier alpha value is -2.56. The van der Waals surface area contributed by atoms with Gasteiger partial charge in [0.15, 0.2) is 0 Å². The molecule has 1 atom stereocenters. The van der Waals surface area contributed by atoms with Crippen molar-refractivity contribution in [2.45, 2.75) is 40.2 Å². The third kappa shape index (κ3) is 2.82. The van der Waals surface area contributed by atoms with Crippen LogP contribution >= 0.6 is 0 Å². The van der Waals surface area contributed by atoms with E-state index in [1.165, 1.54) is 17.4 Å². The Labute approximate surface area is 141 Å². The first-order valence-electron chi connectivity index (χ1n) is 8.12. The number of aromatic amines is 1. The molecule has 5 heteroatoms. The van der Waals surface area contributed by atoms with E-state index in [9.17, 15) is 4.79 Å². The monoisotopic (exact) mass is 325 g/mol. The quantitative estimate of drug-likeness (QED) is 0.792. The molecule has 1 amide bonds. The Balaban J connectivity index is 1.89. The van der Waals surface area contributed by atoms with Crippen molar-refractivity contribution < 1.29 is 9.32 Å². The lowest BCUT2D eigenvalue weighted by molar-refractivity contribution is -0.131. The lowest BCUT2D eigenvalue weighted by Gasteiger charge is -2.23. The van der Waals surface area contributed by atoms with E-state index >= 15 is 0 Å². The molecule has 0 fully saturated rings. The van der Waals surface area contributed by atoms with E-state index in [1.54, 1.807) is 11.0 Å². The van der Waals surface area contributed by atoms with Crippen LogP contribution in [-0.2, 0) is 11.2 Å². The van der Waals surface area contributed by atoms with Gasteiger partial charge in [-0.3, -0.25) is 4.79 Å². The van der Waals surface area contributed by atoms with Crippen LogP contribution in [0.2, 0.25) is 0 Å². The first-order valence-corrected chi connectivity index (χ1v) is 8.12. The van der Waals surface area contributed by atoms with Gasteiger partial charge in [-0.15, -0.1) is 0 Å². The van der Waals surface area contributed by atoms with Gasteiger partial charge in [0.1, 0.15) is 12.0 Å². The van der Waals surface area contributed by atoms with Crippen molar-refractivity contribution in [1.29, 1.82) is 0 Å². The topological polar surface area (TPSA) is 62.1 Å². The molecule has 3 aromatic rings. The normalized spacial score (nSPS) is 12.5. The molecule has 0 spiro atoms. The Morgan fingerprint density at radius 2 is 2.08 bits per heavy atom. The number of nitrogens with zero attached hydrogens (tertiary/aromatic N) is 2. The molecule has 24 heavy (non-hydrogen) atoms. The van der Waals surface area contributed by atoms with Gasteiger partial charge in [0.05, 0.1) is 12.5 Å². The summed E-state index contributed by atoms with van der Waals surface area (Å²) in [6, 6.07) is 5.97. The summed E-state index contributed by atoms with van der Waals surface area (Å²) in [7, 11) is 1.81. The SMILES string of the molecule is Cc1cc(C)c2[nH]c(C)c(CC(=O)N(C)[C@@H](C)c3ccon3)c2c1. The maximum Gasteiger partial charge on any atom is 0.227 e. The van der Waals surface area contributed by atoms with Crippen molar-refractivity contribution in [3.8, 4) is 0 Å². The van der Waals surface area contributed by atoms with Crippen LogP contribution in [0.3, 0.4) is 0 Å². The van der Waals surface area contributed by atoms with E-state index in [0.29, 0.717) is 6.42 Å². The second-order valence-electron chi connectivity index (χ2n) is 6.51. The third-order valence-corrected chi connectivity index (χ3v) is 4.76. The van der Waals surface area contributed by atoms with E-state index in [-0.39, 0.29) is 11.9 Å². The number of carbonyl (C=O) groups is 1. The number of nitrogens with one attached hydrogen (secondary N) is 1. The predicted octanol–water partition coefficient (Wildman–Crippen LogP) is 3.84. The number of H-pyrrole nitrogens is 1. The van der Waals surface area contributed by atoms with Crippen molar-refractivity contribution in [1.82, 2.24) is 15.0 Å². The second kappa shape index (κ2) is 6.15. The van der Waals surface area contributed by atoms with Crippen LogP contribution in [0.5, 0.6) is 0 Å². The van der Waals surface area contributed by atoms with Crippen molar-refractivity contribution in [2.75, 3.05) is 7.05 Å². The third-order valence-electron chi connectivity index (χ3n) is 4.76. The fourth-order valence-electron chi connectivity index (χ4n) is 3.19. The molecule has 0 aliphatic carbocycles. The number of amides is 1. The number of rotatable bonds is 4. The lowest BCUT2D eigenvalue weighted by atomic mass is 10.0. The number of hydrogen-bond acceptors (Lipinski definition) is 3. The molecule has 1 N–H and O–H groups in total.